The molecule has 1 atom stereocenters. The molecule has 0 aliphatic carbocycles. The molecular weight excluding hydrogens is 450 g/mol. The second-order valence-electron chi connectivity index (χ2n) is 7.75. The number of nitrogens with one attached hydrogen (secondary N) is 1. The number of rotatable bonds is 6. The van der Waals surface area contributed by atoms with Crippen LogP contribution in [0.2, 0.25) is 0 Å². The van der Waals surface area contributed by atoms with Crippen LogP contribution in [0.3, 0.4) is 0 Å². The zero-order chi connectivity index (χ0) is 23.5. The first-order valence-corrected chi connectivity index (χ1v) is 12.0. The predicted molar refractivity (Wildman–Crippen MR) is 133 cm³/mol. The van der Waals surface area contributed by atoms with Crippen molar-refractivity contribution >= 4 is 34.3 Å². The Labute approximate surface area is 200 Å². The van der Waals surface area contributed by atoms with Gasteiger partial charge in [-0.15, -0.1) is 0 Å². The van der Waals surface area contributed by atoms with E-state index in [-0.39, 0.29) is 11.5 Å². The highest BCUT2D eigenvalue weighted by Gasteiger charge is 2.23. The van der Waals surface area contributed by atoms with Gasteiger partial charge in [-0.05, 0) is 42.8 Å². The number of ether oxygens (including phenoxy) is 2. The quantitative estimate of drug-likeness (QED) is 0.324. The Morgan fingerprint density at radius 3 is 2.56 bits per heavy atom. The highest BCUT2D eigenvalue weighted by molar-refractivity contribution is 8.00. The maximum atomic E-state index is 13.4. The monoisotopic (exact) mass is 473 g/mol. The molecule has 0 radical (unpaired) electrons. The molecule has 8 heteroatoms. The van der Waals surface area contributed by atoms with Crippen molar-refractivity contribution in [1.29, 1.82) is 0 Å². The smallest absolute Gasteiger partial charge is 0.266 e. The van der Waals surface area contributed by atoms with E-state index in [4.69, 9.17) is 14.5 Å². The summed E-state index contributed by atoms with van der Waals surface area (Å²) in [5.74, 6) is 1.10. The van der Waals surface area contributed by atoms with Gasteiger partial charge in [-0.1, -0.05) is 49.0 Å². The van der Waals surface area contributed by atoms with Crippen LogP contribution in [0.25, 0.3) is 16.6 Å². The van der Waals surface area contributed by atoms with Gasteiger partial charge in [-0.25, -0.2) is 4.98 Å². The molecule has 172 valence electrons. The minimum atomic E-state index is -0.462. The van der Waals surface area contributed by atoms with Crippen LogP contribution in [0.5, 0.6) is 11.5 Å². The summed E-state index contributed by atoms with van der Waals surface area (Å²) < 4.78 is 12.7. The van der Waals surface area contributed by atoms with Gasteiger partial charge in [-0.3, -0.25) is 14.2 Å². The predicted octanol–water partition coefficient (Wildman–Crippen LogP) is 4.67. The van der Waals surface area contributed by atoms with E-state index in [0.717, 1.165) is 0 Å². The van der Waals surface area contributed by atoms with Crippen molar-refractivity contribution in [2.75, 3.05) is 18.5 Å². The number of nitrogens with zero attached hydrogens (tertiary/aromatic N) is 2. The Balaban J connectivity index is 1.47. The van der Waals surface area contributed by atoms with Crippen LogP contribution in [0.4, 0.5) is 5.69 Å². The third-order valence-corrected chi connectivity index (χ3v) is 6.80. The van der Waals surface area contributed by atoms with E-state index in [1.807, 2.05) is 55.5 Å². The van der Waals surface area contributed by atoms with Crippen molar-refractivity contribution in [3.8, 4) is 17.2 Å². The van der Waals surface area contributed by atoms with E-state index in [1.54, 1.807) is 28.8 Å². The molecule has 2 heterocycles. The molecular formula is C26H23N3O4S. The van der Waals surface area contributed by atoms with Gasteiger partial charge in [0.2, 0.25) is 5.91 Å². The Kier molecular flexibility index (Phi) is 6.22. The largest absolute Gasteiger partial charge is 0.486 e. The Bertz CT molecular complexity index is 1400. The maximum absolute atomic E-state index is 13.4. The Morgan fingerprint density at radius 2 is 1.76 bits per heavy atom. The zero-order valence-electron chi connectivity index (χ0n) is 18.6. The first kappa shape index (κ1) is 22.0. The lowest BCUT2D eigenvalue weighted by Crippen LogP contribution is -2.27. The third kappa shape index (κ3) is 4.36. The molecule has 1 aliphatic rings. The van der Waals surface area contributed by atoms with Gasteiger partial charge in [0.15, 0.2) is 16.7 Å². The Hall–Kier alpha value is -3.78. The van der Waals surface area contributed by atoms with E-state index in [0.29, 0.717) is 58.6 Å². The number of para-hydroxylation sites is 2. The first-order valence-electron chi connectivity index (χ1n) is 11.1. The van der Waals surface area contributed by atoms with Gasteiger partial charge in [-0.2, -0.15) is 0 Å². The van der Waals surface area contributed by atoms with Gasteiger partial charge < -0.3 is 14.8 Å². The Morgan fingerprint density at radius 1 is 1.03 bits per heavy atom. The van der Waals surface area contributed by atoms with Crippen molar-refractivity contribution in [3.05, 3.63) is 83.2 Å². The van der Waals surface area contributed by atoms with Crippen LogP contribution >= 0.6 is 11.8 Å². The summed E-state index contributed by atoms with van der Waals surface area (Å²) in [6, 6.07) is 21.9. The fraction of sp³-hybridized carbons (Fsp3) is 0.192. The number of benzene rings is 3. The lowest BCUT2D eigenvalue weighted by Gasteiger charge is -2.20. The summed E-state index contributed by atoms with van der Waals surface area (Å²) in [6.45, 7) is 2.92. The van der Waals surface area contributed by atoms with Gasteiger partial charge in [0.05, 0.1) is 21.8 Å². The van der Waals surface area contributed by atoms with Crippen molar-refractivity contribution in [3.63, 3.8) is 0 Å². The molecule has 1 aliphatic heterocycles. The minimum absolute atomic E-state index is 0.165. The first-order chi connectivity index (χ1) is 16.6. The molecule has 7 nitrogen and oxygen atoms in total. The number of fused-ring (bicyclic) bond motifs is 2. The highest BCUT2D eigenvalue weighted by Crippen LogP contribution is 2.33. The summed E-state index contributed by atoms with van der Waals surface area (Å²) in [7, 11) is 0. The molecule has 3 aromatic carbocycles. The van der Waals surface area contributed by atoms with Gasteiger partial charge in [0.25, 0.3) is 5.56 Å². The average Bonchev–Trinajstić information content (AvgIpc) is 2.87. The van der Waals surface area contributed by atoms with Gasteiger partial charge >= 0.3 is 0 Å². The number of hydrogen-bond acceptors (Lipinski definition) is 6. The van der Waals surface area contributed by atoms with Gasteiger partial charge in [0, 0.05) is 11.8 Å². The number of carbonyl (C=O) groups is 1. The molecule has 0 saturated carbocycles. The molecule has 1 amide bonds. The number of aromatic nitrogens is 2. The molecule has 0 saturated heterocycles. The minimum Gasteiger partial charge on any atom is -0.486 e. The van der Waals surface area contributed by atoms with Crippen LogP contribution in [0, 0.1) is 0 Å². The van der Waals surface area contributed by atoms with Crippen LogP contribution in [-0.4, -0.2) is 33.9 Å². The molecule has 0 spiro atoms. The van der Waals surface area contributed by atoms with E-state index in [9.17, 15) is 9.59 Å². The fourth-order valence-electron chi connectivity index (χ4n) is 3.79. The molecule has 1 unspecified atom stereocenters. The number of hydrogen-bond donors (Lipinski definition) is 1. The van der Waals surface area contributed by atoms with Crippen LogP contribution in [0.1, 0.15) is 13.3 Å². The van der Waals surface area contributed by atoms with E-state index < -0.39 is 5.25 Å². The molecule has 4 aromatic rings. The average molecular weight is 474 g/mol. The molecule has 34 heavy (non-hydrogen) atoms. The number of amides is 1. The standard InChI is InChI=1S/C26H23N3O4S/c1-2-23(24(30)27-17-12-13-21-22(16-17)33-15-14-32-21)34-26-28-20-11-7-6-10-19(20)25(31)29(26)18-8-4-3-5-9-18/h3-13,16,23H,2,14-15H2,1H3,(H,27,30). The number of anilines is 1. The molecule has 0 bridgehead atoms. The van der Waals surface area contributed by atoms with Crippen molar-refractivity contribution in [2.45, 2.75) is 23.8 Å². The summed E-state index contributed by atoms with van der Waals surface area (Å²) in [5, 5.41) is 3.51. The van der Waals surface area contributed by atoms with E-state index in [2.05, 4.69) is 5.32 Å². The van der Waals surface area contributed by atoms with Gasteiger partial charge in [0.1, 0.15) is 13.2 Å². The van der Waals surface area contributed by atoms with Crippen molar-refractivity contribution < 1.29 is 14.3 Å². The summed E-state index contributed by atoms with van der Waals surface area (Å²) >= 11 is 1.28. The topological polar surface area (TPSA) is 82.5 Å². The van der Waals surface area contributed by atoms with Crippen LogP contribution in [-0.2, 0) is 4.79 Å². The van der Waals surface area contributed by atoms with E-state index >= 15 is 0 Å². The second kappa shape index (κ2) is 9.61. The summed E-state index contributed by atoms with van der Waals surface area (Å²) in [6.07, 6.45) is 0.554. The SMILES string of the molecule is CCC(Sc1nc2ccccc2c(=O)n1-c1ccccc1)C(=O)Nc1ccc2c(c1)OCCO2. The van der Waals surface area contributed by atoms with Crippen LogP contribution in [0.15, 0.2) is 82.7 Å². The van der Waals surface area contributed by atoms with E-state index in [1.165, 1.54) is 11.8 Å². The third-order valence-electron chi connectivity index (χ3n) is 5.48. The van der Waals surface area contributed by atoms with Crippen molar-refractivity contribution in [2.24, 2.45) is 0 Å². The molecule has 0 fully saturated rings. The fourth-order valence-corrected chi connectivity index (χ4v) is 4.82. The molecule has 1 N–H and O–H groups in total. The number of thioether (sulfide) groups is 1. The molecule has 1 aromatic heterocycles. The lowest BCUT2D eigenvalue weighted by molar-refractivity contribution is -0.115. The maximum Gasteiger partial charge on any atom is 0.266 e. The van der Waals surface area contributed by atoms with Crippen LogP contribution < -0.4 is 20.3 Å². The zero-order valence-corrected chi connectivity index (χ0v) is 19.4. The normalized spacial score (nSPS) is 13.4. The molecule has 5 rings (SSSR count). The second-order valence-corrected chi connectivity index (χ2v) is 8.92. The summed E-state index contributed by atoms with van der Waals surface area (Å²) in [5.41, 5.74) is 1.77. The lowest BCUT2D eigenvalue weighted by atomic mass is 10.2. The highest BCUT2D eigenvalue weighted by atomic mass is 32.2. The van der Waals surface area contributed by atoms with Crippen molar-refractivity contribution in [1.82, 2.24) is 9.55 Å². The number of carbonyl (C=O) groups excluding carboxylic acids is 1. The summed E-state index contributed by atoms with van der Waals surface area (Å²) in [4.78, 5) is 31.4.